The van der Waals surface area contributed by atoms with Crippen molar-refractivity contribution in [2.24, 2.45) is 5.92 Å². The third-order valence-electron chi connectivity index (χ3n) is 6.85. The first-order chi connectivity index (χ1) is 18.2. The van der Waals surface area contributed by atoms with Crippen molar-refractivity contribution in [3.8, 4) is 5.75 Å². The van der Waals surface area contributed by atoms with Gasteiger partial charge in [0.25, 0.3) is 5.91 Å². The lowest BCUT2D eigenvalue weighted by Gasteiger charge is -2.32. The van der Waals surface area contributed by atoms with Crippen LogP contribution in [0.2, 0.25) is 0 Å². The van der Waals surface area contributed by atoms with Gasteiger partial charge in [-0.05, 0) is 73.7 Å². The van der Waals surface area contributed by atoms with Gasteiger partial charge in [-0.1, -0.05) is 54.9 Å². The molecular formula is C31H40BrN3O3. The molecule has 0 bridgehead atoms. The quantitative estimate of drug-likeness (QED) is 0.228. The summed E-state index contributed by atoms with van der Waals surface area (Å²) in [5, 5.41) is 0. The highest BCUT2D eigenvalue weighted by molar-refractivity contribution is 9.10. The van der Waals surface area contributed by atoms with Crippen molar-refractivity contribution < 1.29 is 14.3 Å². The molecule has 0 N–H and O–H groups in total. The van der Waals surface area contributed by atoms with Gasteiger partial charge in [-0.2, -0.15) is 0 Å². The minimum Gasteiger partial charge on any atom is -0.497 e. The minimum absolute atomic E-state index is 0.0376. The van der Waals surface area contributed by atoms with E-state index in [1.807, 2.05) is 53.6 Å². The normalized spacial score (nSPS) is 11.9. The molecule has 0 aliphatic heterocycles. The summed E-state index contributed by atoms with van der Waals surface area (Å²) in [5.74, 6) is 1.09. The SMILES string of the molecule is CCC(C)N(Cc1cccn1Cc1cccc(OC)c1)C(=O)CN(CCC(C)C)C(=O)c1cccc(Br)c1. The number of amides is 2. The molecule has 0 fully saturated rings. The molecule has 204 valence electrons. The van der Waals surface area contributed by atoms with Crippen LogP contribution in [-0.4, -0.2) is 52.4 Å². The van der Waals surface area contributed by atoms with E-state index in [1.165, 1.54) is 0 Å². The van der Waals surface area contributed by atoms with E-state index in [4.69, 9.17) is 4.74 Å². The van der Waals surface area contributed by atoms with Gasteiger partial charge in [0.1, 0.15) is 12.3 Å². The number of ether oxygens (including phenoxy) is 1. The van der Waals surface area contributed by atoms with Crippen LogP contribution in [0.3, 0.4) is 0 Å². The van der Waals surface area contributed by atoms with Crippen molar-refractivity contribution in [2.75, 3.05) is 20.2 Å². The molecule has 1 heterocycles. The first kappa shape index (κ1) is 29.5. The molecular weight excluding hydrogens is 542 g/mol. The molecule has 1 unspecified atom stereocenters. The lowest BCUT2D eigenvalue weighted by Crippen LogP contribution is -2.46. The molecule has 0 aliphatic carbocycles. The van der Waals surface area contributed by atoms with Crippen molar-refractivity contribution >= 4 is 27.7 Å². The largest absolute Gasteiger partial charge is 0.497 e. The maximum absolute atomic E-state index is 13.8. The summed E-state index contributed by atoms with van der Waals surface area (Å²) in [7, 11) is 1.67. The summed E-state index contributed by atoms with van der Waals surface area (Å²) in [6.45, 7) is 10.2. The number of benzene rings is 2. The lowest BCUT2D eigenvalue weighted by atomic mass is 10.1. The Morgan fingerprint density at radius 2 is 1.79 bits per heavy atom. The van der Waals surface area contributed by atoms with E-state index < -0.39 is 0 Å². The highest BCUT2D eigenvalue weighted by Gasteiger charge is 2.26. The van der Waals surface area contributed by atoms with Crippen LogP contribution in [0.15, 0.2) is 71.3 Å². The first-order valence-corrected chi connectivity index (χ1v) is 14.1. The van der Waals surface area contributed by atoms with Crippen LogP contribution in [0.4, 0.5) is 0 Å². The number of aromatic nitrogens is 1. The molecule has 1 aromatic heterocycles. The van der Waals surface area contributed by atoms with Crippen molar-refractivity contribution in [1.82, 2.24) is 14.4 Å². The summed E-state index contributed by atoms with van der Waals surface area (Å²) < 4.78 is 8.39. The average molecular weight is 583 g/mol. The van der Waals surface area contributed by atoms with Gasteiger partial charge in [-0.3, -0.25) is 9.59 Å². The number of nitrogens with zero attached hydrogens (tertiary/aromatic N) is 3. The van der Waals surface area contributed by atoms with Gasteiger partial charge >= 0.3 is 0 Å². The summed E-state index contributed by atoms with van der Waals surface area (Å²) in [5.41, 5.74) is 2.76. The Hall–Kier alpha value is -3.06. The Balaban J connectivity index is 1.80. The number of methoxy groups -OCH3 is 1. The first-order valence-electron chi connectivity index (χ1n) is 13.3. The van der Waals surface area contributed by atoms with Crippen LogP contribution < -0.4 is 4.74 Å². The molecule has 38 heavy (non-hydrogen) atoms. The molecule has 1 atom stereocenters. The number of rotatable bonds is 13. The van der Waals surface area contributed by atoms with Crippen molar-refractivity contribution in [1.29, 1.82) is 0 Å². The molecule has 7 heteroatoms. The molecule has 2 amide bonds. The van der Waals surface area contributed by atoms with E-state index in [0.717, 1.165) is 34.3 Å². The second-order valence-corrected chi connectivity index (χ2v) is 11.1. The second-order valence-electron chi connectivity index (χ2n) is 10.2. The van der Waals surface area contributed by atoms with Gasteiger partial charge in [0, 0.05) is 41.1 Å². The monoisotopic (exact) mass is 581 g/mol. The molecule has 0 aliphatic rings. The number of carbonyl (C=O) groups is 2. The maximum Gasteiger partial charge on any atom is 0.254 e. The van der Waals surface area contributed by atoms with Gasteiger partial charge in [-0.15, -0.1) is 0 Å². The van der Waals surface area contributed by atoms with Crippen molar-refractivity contribution in [2.45, 2.75) is 59.7 Å². The predicted molar refractivity (Wildman–Crippen MR) is 156 cm³/mol. The van der Waals surface area contributed by atoms with Crippen molar-refractivity contribution in [3.05, 3.63) is 88.2 Å². The Morgan fingerprint density at radius 3 is 2.47 bits per heavy atom. The summed E-state index contributed by atoms with van der Waals surface area (Å²) >= 11 is 3.46. The number of carbonyl (C=O) groups excluding carboxylic acids is 2. The van der Waals surface area contributed by atoms with E-state index in [-0.39, 0.29) is 24.4 Å². The Morgan fingerprint density at radius 1 is 1.03 bits per heavy atom. The Bertz CT molecular complexity index is 1210. The molecule has 3 aromatic rings. The number of hydrogen-bond donors (Lipinski definition) is 0. The fourth-order valence-electron chi connectivity index (χ4n) is 4.32. The smallest absolute Gasteiger partial charge is 0.254 e. The van der Waals surface area contributed by atoms with Crippen LogP contribution in [0.25, 0.3) is 0 Å². The number of hydrogen-bond acceptors (Lipinski definition) is 3. The summed E-state index contributed by atoms with van der Waals surface area (Å²) in [6.07, 6.45) is 3.70. The standard InChI is InChI=1S/C31H40BrN3O3/c1-6-24(4)35(21-28-13-9-16-33(28)20-25-10-7-14-29(18-25)38-5)30(36)22-34(17-15-23(2)3)31(37)26-11-8-12-27(32)19-26/h7-14,16,18-19,23-24H,6,15,17,20-22H2,1-5H3. The highest BCUT2D eigenvalue weighted by atomic mass is 79.9. The molecule has 0 saturated carbocycles. The maximum atomic E-state index is 13.8. The van der Waals surface area contributed by atoms with Crippen LogP contribution in [0, 0.1) is 5.92 Å². The Labute approximate surface area is 235 Å². The zero-order chi connectivity index (χ0) is 27.7. The van der Waals surface area contributed by atoms with E-state index in [2.05, 4.69) is 60.3 Å². The highest BCUT2D eigenvalue weighted by Crippen LogP contribution is 2.19. The van der Waals surface area contributed by atoms with Crippen LogP contribution >= 0.6 is 15.9 Å². The zero-order valence-electron chi connectivity index (χ0n) is 23.2. The van der Waals surface area contributed by atoms with E-state index in [0.29, 0.717) is 31.1 Å². The molecule has 0 radical (unpaired) electrons. The van der Waals surface area contributed by atoms with E-state index in [9.17, 15) is 9.59 Å². The molecule has 3 rings (SSSR count). The molecule has 2 aromatic carbocycles. The minimum atomic E-state index is -0.120. The summed E-state index contributed by atoms with van der Waals surface area (Å²) in [4.78, 5) is 30.8. The van der Waals surface area contributed by atoms with Gasteiger partial charge in [0.05, 0.1) is 13.7 Å². The van der Waals surface area contributed by atoms with Crippen LogP contribution in [0.1, 0.15) is 62.2 Å². The molecule has 0 saturated heterocycles. The fourth-order valence-corrected chi connectivity index (χ4v) is 4.72. The second kappa shape index (κ2) is 14.2. The van der Waals surface area contributed by atoms with Gasteiger partial charge < -0.3 is 19.1 Å². The summed E-state index contributed by atoms with van der Waals surface area (Å²) in [6, 6.07) is 19.5. The van der Waals surface area contributed by atoms with Crippen LogP contribution in [-0.2, 0) is 17.9 Å². The third kappa shape index (κ3) is 8.22. The van der Waals surface area contributed by atoms with E-state index in [1.54, 1.807) is 18.1 Å². The number of halogens is 1. The van der Waals surface area contributed by atoms with Gasteiger partial charge in [0.15, 0.2) is 0 Å². The van der Waals surface area contributed by atoms with E-state index >= 15 is 0 Å². The van der Waals surface area contributed by atoms with Gasteiger partial charge in [-0.25, -0.2) is 0 Å². The third-order valence-corrected chi connectivity index (χ3v) is 7.34. The molecule has 0 spiro atoms. The zero-order valence-corrected chi connectivity index (χ0v) is 24.8. The van der Waals surface area contributed by atoms with Gasteiger partial charge in [0.2, 0.25) is 5.91 Å². The van der Waals surface area contributed by atoms with Crippen molar-refractivity contribution in [3.63, 3.8) is 0 Å². The fraction of sp³-hybridized carbons (Fsp3) is 0.419. The topological polar surface area (TPSA) is 54.8 Å². The Kier molecular flexibility index (Phi) is 11.0. The molecule has 6 nitrogen and oxygen atoms in total. The lowest BCUT2D eigenvalue weighted by molar-refractivity contribution is -0.134. The van der Waals surface area contributed by atoms with Crippen LogP contribution in [0.5, 0.6) is 5.75 Å². The average Bonchev–Trinajstić information content (AvgIpc) is 3.34. The predicted octanol–water partition coefficient (Wildman–Crippen LogP) is 6.62.